The summed E-state index contributed by atoms with van der Waals surface area (Å²) in [6, 6.07) is 0. The van der Waals surface area contributed by atoms with E-state index in [9.17, 15) is 0 Å². The third kappa shape index (κ3) is 1.16. The molecule has 1 heteroatoms. The van der Waals surface area contributed by atoms with E-state index in [0.29, 0.717) is 12.0 Å². The molecule has 1 aliphatic rings. The van der Waals surface area contributed by atoms with Crippen molar-refractivity contribution in [2.45, 2.75) is 26.2 Å². The second-order valence-electron chi connectivity index (χ2n) is 2.78. The van der Waals surface area contributed by atoms with Gasteiger partial charge in [-0.15, -0.1) is 0 Å². The second kappa shape index (κ2) is 1.48. The summed E-state index contributed by atoms with van der Waals surface area (Å²) in [4.78, 5) is 0. The van der Waals surface area contributed by atoms with E-state index in [-0.39, 0.29) is 0 Å². The van der Waals surface area contributed by atoms with Gasteiger partial charge in [-0.05, 0) is 24.7 Å². The van der Waals surface area contributed by atoms with E-state index in [0.717, 1.165) is 6.42 Å². The van der Waals surface area contributed by atoms with E-state index < -0.39 is 0 Å². The average molecular weight is 100 g/mol. The number of aliphatic hydroxyl groups excluding tert-OH is 1. The maximum Gasteiger partial charge on any atom is 0.0436 e. The minimum atomic E-state index is 0.372. The highest BCUT2D eigenvalue weighted by Gasteiger charge is 2.35. The van der Waals surface area contributed by atoms with Crippen molar-refractivity contribution in [2.24, 2.45) is 5.41 Å². The normalized spacial score (nSPS) is 24.9. The Balaban J connectivity index is 2.13. The molecule has 1 aliphatic carbocycles. The van der Waals surface area contributed by atoms with Gasteiger partial charge in [0.05, 0.1) is 0 Å². The molecule has 42 valence electrons. The molecular formula is C6H12O. The first-order chi connectivity index (χ1) is 3.27. The van der Waals surface area contributed by atoms with Crippen LogP contribution >= 0.6 is 0 Å². The summed E-state index contributed by atoms with van der Waals surface area (Å²) in [6.07, 6.45) is 3.66. The third-order valence-corrected chi connectivity index (χ3v) is 1.82. The molecule has 0 bridgehead atoms. The Labute approximate surface area is 44.4 Å². The van der Waals surface area contributed by atoms with Crippen LogP contribution in [0.5, 0.6) is 0 Å². The lowest BCUT2D eigenvalue weighted by atomic mass is 10.1. The minimum absolute atomic E-state index is 0.372. The maximum atomic E-state index is 8.44. The van der Waals surface area contributed by atoms with Gasteiger partial charge >= 0.3 is 0 Å². The smallest absolute Gasteiger partial charge is 0.0436 e. The highest BCUT2D eigenvalue weighted by molar-refractivity contribution is 4.87. The Kier molecular flexibility index (Phi) is 1.08. The molecule has 0 amide bonds. The average Bonchev–Trinajstić information content (AvgIpc) is 2.22. The summed E-state index contributed by atoms with van der Waals surface area (Å²) in [5.41, 5.74) is 0.550. The second-order valence-corrected chi connectivity index (χ2v) is 2.78. The molecule has 0 aromatic carbocycles. The van der Waals surface area contributed by atoms with Crippen molar-refractivity contribution in [2.75, 3.05) is 6.61 Å². The van der Waals surface area contributed by atoms with Gasteiger partial charge < -0.3 is 5.11 Å². The number of hydrogen-bond acceptors (Lipinski definition) is 1. The Morgan fingerprint density at radius 1 is 1.57 bits per heavy atom. The molecule has 0 unspecified atom stereocenters. The first kappa shape index (κ1) is 5.10. The quantitative estimate of drug-likeness (QED) is 0.552. The zero-order valence-electron chi connectivity index (χ0n) is 4.78. The summed E-state index contributed by atoms with van der Waals surface area (Å²) in [5, 5.41) is 8.44. The van der Waals surface area contributed by atoms with Crippen LogP contribution in [-0.4, -0.2) is 11.7 Å². The summed E-state index contributed by atoms with van der Waals surface area (Å²) in [5.74, 6) is 0. The van der Waals surface area contributed by atoms with E-state index in [2.05, 4.69) is 6.92 Å². The largest absolute Gasteiger partial charge is 0.396 e. The van der Waals surface area contributed by atoms with Crippen LogP contribution in [0, 0.1) is 5.41 Å². The summed E-state index contributed by atoms with van der Waals surface area (Å²) < 4.78 is 0. The van der Waals surface area contributed by atoms with Crippen LogP contribution in [0.15, 0.2) is 0 Å². The van der Waals surface area contributed by atoms with Crippen molar-refractivity contribution < 1.29 is 5.11 Å². The van der Waals surface area contributed by atoms with Crippen molar-refractivity contribution in [1.82, 2.24) is 0 Å². The first-order valence-corrected chi connectivity index (χ1v) is 2.88. The molecule has 1 N–H and O–H groups in total. The maximum absolute atomic E-state index is 8.44. The molecular weight excluding hydrogens is 88.1 g/mol. The molecule has 0 aliphatic heterocycles. The fraction of sp³-hybridized carbons (Fsp3) is 1.00. The molecule has 1 rings (SSSR count). The molecule has 1 nitrogen and oxygen atoms in total. The molecule has 0 heterocycles. The Hall–Kier alpha value is -0.0400. The highest BCUT2D eigenvalue weighted by Crippen LogP contribution is 2.47. The minimum Gasteiger partial charge on any atom is -0.396 e. The van der Waals surface area contributed by atoms with E-state index in [1.165, 1.54) is 12.8 Å². The Morgan fingerprint density at radius 2 is 2.14 bits per heavy atom. The van der Waals surface area contributed by atoms with Gasteiger partial charge in [-0.1, -0.05) is 6.92 Å². The van der Waals surface area contributed by atoms with Crippen LogP contribution in [0.4, 0.5) is 0 Å². The zero-order chi connectivity index (χ0) is 5.33. The molecule has 0 radical (unpaired) electrons. The van der Waals surface area contributed by atoms with Crippen LogP contribution in [0.1, 0.15) is 26.2 Å². The Bertz CT molecular complexity index is 64.6. The zero-order valence-corrected chi connectivity index (χ0v) is 4.78. The van der Waals surface area contributed by atoms with Gasteiger partial charge in [-0.25, -0.2) is 0 Å². The number of hydrogen-bond donors (Lipinski definition) is 1. The predicted octanol–water partition coefficient (Wildman–Crippen LogP) is 1.17. The monoisotopic (exact) mass is 100 g/mol. The van der Waals surface area contributed by atoms with E-state index in [1.807, 2.05) is 0 Å². The molecule has 0 saturated heterocycles. The summed E-state index contributed by atoms with van der Waals surface area (Å²) in [7, 11) is 0. The van der Waals surface area contributed by atoms with Crippen molar-refractivity contribution in [3.63, 3.8) is 0 Å². The van der Waals surface area contributed by atoms with Gasteiger partial charge in [0.1, 0.15) is 0 Å². The van der Waals surface area contributed by atoms with Crippen LogP contribution < -0.4 is 0 Å². The fourth-order valence-electron chi connectivity index (χ4n) is 0.733. The molecule has 0 aromatic rings. The van der Waals surface area contributed by atoms with E-state index in [4.69, 9.17) is 5.11 Å². The number of aliphatic hydroxyl groups is 1. The fourth-order valence-corrected chi connectivity index (χ4v) is 0.733. The van der Waals surface area contributed by atoms with Crippen molar-refractivity contribution in [1.29, 1.82) is 0 Å². The van der Waals surface area contributed by atoms with Crippen LogP contribution in [0.2, 0.25) is 0 Å². The summed E-state index contributed by atoms with van der Waals surface area (Å²) >= 11 is 0. The van der Waals surface area contributed by atoms with Crippen molar-refractivity contribution in [3.8, 4) is 0 Å². The van der Waals surface area contributed by atoms with Gasteiger partial charge in [-0.2, -0.15) is 0 Å². The molecule has 0 spiro atoms. The lowest BCUT2D eigenvalue weighted by molar-refractivity contribution is 0.256. The van der Waals surface area contributed by atoms with E-state index >= 15 is 0 Å². The van der Waals surface area contributed by atoms with Crippen LogP contribution in [-0.2, 0) is 0 Å². The van der Waals surface area contributed by atoms with Gasteiger partial charge in [0.25, 0.3) is 0 Å². The van der Waals surface area contributed by atoms with E-state index in [1.54, 1.807) is 0 Å². The highest BCUT2D eigenvalue weighted by atomic mass is 16.3. The van der Waals surface area contributed by atoms with Crippen molar-refractivity contribution >= 4 is 0 Å². The predicted molar refractivity (Wildman–Crippen MR) is 29.0 cm³/mol. The first-order valence-electron chi connectivity index (χ1n) is 2.88. The third-order valence-electron chi connectivity index (χ3n) is 1.82. The van der Waals surface area contributed by atoms with Gasteiger partial charge in [0, 0.05) is 6.61 Å². The lowest BCUT2D eigenvalue weighted by Crippen LogP contribution is -1.95. The number of rotatable bonds is 2. The van der Waals surface area contributed by atoms with Crippen LogP contribution in [0.3, 0.4) is 0 Å². The van der Waals surface area contributed by atoms with Gasteiger partial charge in [0.2, 0.25) is 0 Å². The van der Waals surface area contributed by atoms with Crippen molar-refractivity contribution in [3.05, 3.63) is 0 Å². The molecule has 0 atom stereocenters. The topological polar surface area (TPSA) is 20.2 Å². The van der Waals surface area contributed by atoms with Gasteiger partial charge in [-0.3, -0.25) is 0 Å². The molecule has 0 aromatic heterocycles. The lowest BCUT2D eigenvalue weighted by Gasteiger charge is -2.00. The Morgan fingerprint density at radius 3 is 2.29 bits per heavy atom. The van der Waals surface area contributed by atoms with Crippen LogP contribution in [0.25, 0.3) is 0 Å². The SMILES string of the molecule is CC1(CCO)CC1. The summed E-state index contributed by atoms with van der Waals surface area (Å²) in [6.45, 7) is 2.60. The standard InChI is InChI=1S/C6H12O/c1-6(2-3-6)4-5-7/h7H,2-5H2,1H3. The molecule has 7 heavy (non-hydrogen) atoms. The molecule has 1 saturated carbocycles. The molecule has 1 fully saturated rings. The van der Waals surface area contributed by atoms with Gasteiger partial charge in [0.15, 0.2) is 0 Å².